The number of rotatable bonds is 16. The molecule has 0 fully saturated rings. The first-order valence-corrected chi connectivity index (χ1v) is 21.6. The lowest BCUT2D eigenvalue weighted by Gasteiger charge is -2.12. The number of halogens is 1. The van der Waals surface area contributed by atoms with Crippen LogP contribution in [-0.2, 0) is 54.8 Å². The molecule has 6 N–H and O–H groups in total. The van der Waals surface area contributed by atoms with Crippen LogP contribution >= 0.6 is 11.6 Å². The van der Waals surface area contributed by atoms with Crippen LogP contribution in [0.5, 0.6) is 5.75 Å². The second-order valence-electron chi connectivity index (χ2n) is 10.2. The van der Waals surface area contributed by atoms with Crippen molar-refractivity contribution in [2.45, 2.75) is 14.7 Å². The lowest BCUT2D eigenvalue weighted by Crippen LogP contribution is -2.22. The summed E-state index contributed by atoms with van der Waals surface area (Å²) in [6.07, 6.45) is 0. The first-order valence-electron chi connectivity index (χ1n) is 13.7. The number of hydrogen-bond donors (Lipinski definition) is 6. The van der Waals surface area contributed by atoms with Gasteiger partial charge in [-0.15, -0.1) is 0 Å². The van der Waals surface area contributed by atoms with Gasteiger partial charge in [0.15, 0.2) is 9.84 Å². The maximum absolute atomic E-state index is 12.2. The Hall–Kier alpha value is -4.23. The number of nitrogens with zero attached hydrogens (tertiary/aromatic N) is 5. The van der Waals surface area contributed by atoms with E-state index in [9.17, 15) is 55.7 Å². The smallest absolute Gasteiger partial charge is 0.397 e. The highest BCUT2D eigenvalue weighted by Crippen LogP contribution is 2.37. The molecule has 0 aliphatic carbocycles. The highest BCUT2D eigenvalue weighted by atomic mass is 35.5. The van der Waals surface area contributed by atoms with Gasteiger partial charge in [0.2, 0.25) is 17.2 Å². The van der Waals surface area contributed by atoms with Crippen molar-refractivity contribution in [3.05, 3.63) is 47.7 Å². The van der Waals surface area contributed by atoms with E-state index in [1.807, 2.05) is 0 Å². The van der Waals surface area contributed by atoms with Crippen molar-refractivity contribution >= 4 is 102 Å². The summed E-state index contributed by atoms with van der Waals surface area (Å²) in [5, 5.41) is 11.6. The number of benzene rings is 3. The van der Waals surface area contributed by atoms with Gasteiger partial charge in [0.1, 0.15) is 15.5 Å². The number of ether oxygens (including phenoxy) is 1. The monoisotopic (exact) mass is 861 g/mol. The van der Waals surface area contributed by atoms with E-state index >= 15 is 0 Å². The first kappa shape index (κ1) is 41.5. The minimum absolute atomic E-state index is 0.0526. The Balaban J connectivity index is 1.59. The average molecular weight is 862 g/mol. The number of azo groups is 1. The molecule has 288 valence electrons. The normalized spacial score (nSPS) is 13.0. The molecule has 4 aromatic rings. The largest absolute Gasteiger partial charge is 0.494 e. The molecule has 0 saturated carbocycles. The van der Waals surface area contributed by atoms with Crippen LogP contribution in [0.25, 0.3) is 10.8 Å². The fourth-order valence-corrected chi connectivity index (χ4v) is 7.80. The molecule has 3 aromatic carbocycles. The minimum atomic E-state index is -5.25. The summed E-state index contributed by atoms with van der Waals surface area (Å²) in [4.78, 5) is 8.57. The van der Waals surface area contributed by atoms with Crippen molar-refractivity contribution in [2.24, 2.45) is 10.2 Å². The van der Waals surface area contributed by atoms with E-state index in [-0.39, 0.29) is 40.8 Å². The van der Waals surface area contributed by atoms with Crippen molar-refractivity contribution in [2.75, 3.05) is 42.4 Å². The van der Waals surface area contributed by atoms with E-state index in [1.165, 1.54) is 25.3 Å². The Kier molecular flexibility index (Phi) is 12.2. The third-order valence-electron chi connectivity index (χ3n) is 6.45. The number of hydrogen-bond acceptors (Lipinski definition) is 19. The van der Waals surface area contributed by atoms with Crippen LogP contribution in [0.2, 0.25) is 5.28 Å². The van der Waals surface area contributed by atoms with Gasteiger partial charge in [-0.05, 0) is 48.0 Å². The van der Waals surface area contributed by atoms with Crippen LogP contribution in [0.3, 0.4) is 0 Å². The molecule has 1 heterocycles. The Morgan fingerprint density at radius 2 is 1.32 bits per heavy atom. The standard InChI is InChI=1S/C24H24ClN7O16S5/c1-47-19-9-13(2-3-18(19)27-24-29-22(25)28-23(30-24)26-4-6-49(33,34)7-5-48-53(44,45)46)31-32-14-8-16-17(20(10-14)51(38,39)40)11-15(50(35,36)37)12-21(16)52(41,42)43/h2-3,8-12H,4-7H2,1H3,(H,35,36,37)(H,38,39,40)(H,41,42,43)(H,44,45,46)(H2,26,27,28,29,30). The fourth-order valence-electron chi connectivity index (χ4n) is 4.24. The van der Waals surface area contributed by atoms with Crippen molar-refractivity contribution in [3.8, 4) is 5.75 Å². The summed E-state index contributed by atoms with van der Waals surface area (Å²) in [5.74, 6) is -1.44. The van der Waals surface area contributed by atoms with Crippen LogP contribution in [0.1, 0.15) is 0 Å². The van der Waals surface area contributed by atoms with Gasteiger partial charge in [-0.25, -0.2) is 12.6 Å². The molecular formula is C24H24ClN7O16S5. The highest BCUT2D eigenvalue weighted by Gasteiger charge is 2.26. The molecule has 0 saturated heterocycles. The topological polar surface area (TPSA) is 358 Å². The van der Waals surface area contributed by atoms with Gasteiger partial charge in [0.05, 0.1) is 47.2 Å². The van der Waals surface area contributed by atoms with Crippen LogP contribution < -0.4 is 15.4 Å². The molecule has 0 atom stereocenters. The minimum Gasteiger partial charge on any atom is -0.494 e. The maximum atomic E-state index is 12.2. The Labute approximate surface area is 305 Å². The van der Waals surface area contributed by atoms with Gasteiger partial charge >= 0.3 is 10.4 Å². The van der Waals surface area contributed by atoms with E-state index in [2.05, 4.69) is 40.0 Å². The van der Waals surface area contributed by atoms with Gasteiger partial charge in [0.25, 0.3) is 30.4 Å². The molecule has 0 aliphatic heterocycles. The number of fused-ring (bicyclic) bond motifs is 1. The number of sulfone groups is 1. The summed E-state index contributed by atoms with van der Waals surface area (Å²) >= 11 is 5.98. The van der Waals surface area contributed by atoms with Crippen LogP contribution in [0, 0.1) is 0 Å². The molecule has 0 spiro atoms. The fraction of sp³-hybridized carbons (Fsp3) is 0.208. The first-order chi connectivity index (χ1) is 24.3. The van der Waals surface area contributed by atoms with Crippen molar-refractivity contribution in [1.82, 2.24) is 15.0 Å². The van der Waals surface area contributed by atoms with Gasteiger partial charge in [0, 0.05) is 23.4 Å². The SMILES string of the molecule is COc1cc(N=Nc2cc(S(=O)(=O)O)c3cc(S(=O)(=O)O)cc(S(=O)(=O)O)c3c2)ccc1Nc1nc(Cl)nc(NCCS(=O)(=O)CCOS(=O)(=O)O)n1. The zero-order chi connectivity index (χ0) is 39.6. The molecule has 1 aromatic heterocycles. The molecular weight excluding hydrogens is 838 g/mol. The van der Waals surface area contributed by atoms with E-state index in [0.29, 0.717) is 12.1 Å². The summed E-state index contributed by atoms with van der Waals surface area (Å²) in [6.45, 7) is -1.05. The quantitative estimate of drug-likeness (QED) is 0.0694. The van der Waals surface area contributed by atoms with E-state index < -0.39 is 99.8 Å². The number of nitrogens with one attached hydrogen (secondary N) is 2. The van der Waals surface area contributed by atoms with Crippen molar-refractivity contribution in [3.63, 3.8) is 0 Å². The van der Waals surface area contributed by atoms with E-state index in [0.717, 1.165) is 12.1 Å². The maximum Gasteiger partial charge on any atom is 0.397 e. The summed E-state index contributed by atoms with van der Waals surface area (Å²) in [5.41, 5.74) is -0.125. The predicted octanol–water partition coefficient (Wildman–Crippen LogP) is 2.23. The lowest BCUT2D eigenvalue weighted by atomic mass is 10.1. The molecule has 0 aliphatic rings. The lowest BCUT2D eigenvalue weighted by molar-refractivity contribution is 0.284. The highest BCUT2D eigenvalue weighted by molar-refractivity contribution is 7.91. The van der Waals surface area contributed by atoms with Gasteiger partial charge in [-0.1, -0.05) is 0 Å². The van der Waals surface area contributed by atoms with Crippen molar-refractivity contribution in [1.29, 1.82) is 0 Å². The molecule has 0 radical (unpaired) electrons. The van der Waals surface area contributed by atoms with Crippen LogP contribution in [-0.4, -0.2) is 107 Å². The second kappa shape index (κ2) is 15.6. The summed E-state index contributed by atoms with van der Waals surface area (Å²) in [7, 11) is -22.9. The van der Waals surface area contributed by atoms with Crippen LogP contribution in [0.4, 0.5) is 29.0 Å². The Morgan fingerprint density at radius 3 is 1.92 bits per heavy atom. The summed E-state index contributed by atoms with van der Waals surface area (Å²) in [6, 6.07) is 6.66. The Morgan fingerprint density at radius 1 is 0.717 bits per heavy atom. The zero-order valence-electron chi connectivity index (χ0n) is 26.2. The van der Waals surface area contributed by atoms with Crippen molar-refractivity contribution < 1.29 is 69.2 Å². The molecule has 0 amide bonds. The molecule has 0 unspecified atom stereocenters. The predicted molar refractivity (Wildman–Crippen MR) is 183 cm³/mol. The second-order valence-corrected chi connectivity index (χ2v) is 18.1. The van der Waals surface area contributed by atoms with Gasteiger partial charge < -0.3 is 15.4 Å². The van der Waals surface area contributed by atoms with Gasteiger partial charge in [-0.2, -0.15) is 58.9 Å². The molecule has 23 nitrogen and oxygen atoms in total. The molecule has 4 rings (SSSR count). The third kappa shape index (κ3) is 11.6. The Bertz CT molecular complexity index is 2680. The number of aromatic nitrogens is 3. The molecule has 0 bridgehead atoms. The van der Waals surface area contributed by atoms with Gasteiger partial charge in [-0.3, -0.25) is 18.2 Å². The zero-order valence-corrected chi connectivity index (χ0v) is 31.1. The molecule has 53 heavy (non-hydrogen) atoms. The number of anilines is 3. The third-order valence-corrected chi connectivity index (χ3v) is 11.3. The van der Waals surface area contributed by atoms with E-state index in [1.54, 1.807) is 0 Å². The van der Waals surface area contributed by atoms with Crippen LogP contribution in [0.15, 0.2) is 67.4 Å². The summed E-state index contributed by atoms with van der Waals surface area (Å²) < 4.78 is 164. The molecule has 29 heteroatoms. The van der Waals surface area contributed by atoms with E-state index in [4.69, 9.17) is 20.9 Å². The number of methoxy groups -OCH3 is 1. The average Bonchev–Trinajstić information content (AvgIpc) is 3.00.